The predicted octanol–water partition coefficient (Wildman–Crippen LogP) is 2.86. The molecule has 0 unspecified atom stereocenters. The highest BCUT2D eigenvalue weighted by Crippen LogP contribution is 2.11. The molecule has 0 bridgehead atoms. The summed E-state index contributed by atoms with van der Waals surface area (Å²) >= 11 is 0. The van der Waals surface area contributed by atoms with Gasteiger partial charge in [0.05, 0.1) is 5.69 Å². The van der Waals surface area contributed by atoms with Gasteiger partial charge in [-0.15, -0.1) is 0 Å². The Labute approximate surface area is 125 Å². The van der Waals surface area contributed by atoms with E-state index >= 15 is 0 Å². The third-order valence-electron chi connectivity index (χ3n) is 2.97. The van der Waals surface area contributed by atoms with Crippen molar-refractivity contribution in [3.63, 3.8) is 0 Å². The molecule has 0 aliphatic heterocycles. The van der Waals surface area contributed by atoms with Crippen LogP contribution in [-0.4, -0.2) is 19.7 Å². The van der Waals surface area contributed by atoms with Crippen molar-refractivity contribution in [1.29, 1.82) is 0 Å². The van der Waals surface area contributed by atoms with Crippen LogP contribution in [0.15, 0.2) is 42.7 Å². The molecule has 0 fully saturated rings. The normalized spacial score (nSPS) is 10.7. The largest absolute Gasteiger partial charge is 0.350 e. The minimum atomic E-state index is -0.613. The molecule has 1 aromatic carbocycles. The lowest BCUT2D eigenvalue weighted by Gasteiger charge is -2.07. The van der Waals surface area contributed by atoms with Crippen molar-refractivity contribution in [2.75, 3.05) is 5.32 Å². The zero-order valence-corrected chi connectivity index (χ0v) is 11.8. The fourth-order valence-electron chi connectivity index (χ4n) is 2.00. The molecule has 7 heteroatoms. The van der Waals surface area contributed by atoms with Gasteiger partial charge >= 0.3 is 0 Å². The fourth-order valence-corrected chi connectivity index (χ4v) is 2.00. The molecule has 0 aliphatic rings. The molecule has 112 valence electrons. The van der Waals surface area contributed by atoms with E-state index in [0.717, 1.165) is 11.8 Å². The summed E-state index contributed by atoms with van der Waals surface area (Å²) in [5, 5.41) is 7.20. The molecule has 0 atom stereocenters. The maximum atomic E-state index is 13.1. The lowest BCUT2D eigenvalue weighted by atomic mass is 10.2. The van der Waals surface area contributed by atoms with Crippen LogP contribution in [0.3, 0.4) is 0 Å². The molecular formula is C15H13F2N5. The van der Waals surface area contributed by atoms with Crippen LogP contribution >= 0.6 is 0 Å². The van der Waals surface area contributed by atoms with E-state index in [0.29, 0.717) is 17.3 Å². The monoisotopic (exact) mass is 301 g/mol. The van der Waals surface area contributed by atoms with Crippen molar-refractivity contribution in [3.8, 4) is 5.82 Å². The molecule has 2 aromatic heterocycles. The Bertz CT molecular complexity index is 780. The molecule has 0 radical (unpaired) electrons. The molecule has 3 aromatic rings. The highest BCUT2D eigenvalue weighted by atomic mass is 19.1. The average Bonchev–Trinajstić information content (AvgIpc) is 2.91. The second-order valence-corrected chi connectivity index (χ2v) is 4.77. The van der Waals surface area contributed by atoms with Gasteiger partial charge in [0.2, 0.25) is 5.95 Å². The molecule has 0 saturated heterocycles. The Morgan fingerprint density at radius 2 is 1.91 bits per heavy atom. The summed E-state index contributed by atoms with van der Waals surface area (Å²) in [7, 11) is 0. The maximum absolute atomic E-state index is 13.1. The number of nitrogens with one attached hydrogen (secondary N) is 1. The Morgan fingerprint density at radius 3 is 2.59 bits per heavy atom. The standard InChI is InChI=1S/C15H13F2N5/c1-10-3-5-22(21-10)14-2-4-18-15(20-14)19-9-11-6-12(16)8-13(17)7-11/h2-8H,9H2,1H3,(H,18,19,20). The minimum Gasteiger partial charge on any atom is -0.350 e. The summed E-state index contributed by atoms with van der Waals surface area (Å²) in [5.74, 6) is -0.261. The van der Waals surface area contributed by atoms with Crippen molar-refractivity contribution < 1.29 is 8.78 Å². The van der Waals surface area contributed by atoms with Gasteiger partial charge in [0, 0.05) is 31.1 Å². The second kappa shape index (κ2) is 5.88. The first-order valence-electron chi connectivity index (χ1n) is 6.65. The average molecular weight is 301 g/mol. The molecule has 2 heterocycles. The van der Waals surface area contributed by atoms with Gasteiger partial charge in [0.15, 0.2) is 5.82 Å². The van der Waals surface area contributed by atoms with Crippen molar-refractivity contribution in [3.05, 3.63) is 65.6 Å². The number of aromatic nitrogens is 4. The molecule has 0 amide bonds. The van der Waals surface area contributed by atoms with Crippen molar-refractivity contribution in [1.82, 2.24) is 19.7 Å². The third kappa shape index (κ3) is 3.25. The van der Waals surface area contributed by atoms with Gasteiger partial charge in [-0.3, -0.25) is 0 Å². The molecule has 22 heavy (non-hydrogen) atoms. The first-order chi connectivity index (χ1) is 10.6. The smallest absolute Gasteiger partial charge is 0.224 e. The van der Waals surface area contributed by atoms with E-state index < -0.39 is 11.6 Å². The quantitative estimate of drug-likeness (QED) is 0.805. The molecule has 3 rings (SSSR count). The first-order valence-corrected chi connectivity index (χ1v) is 6.65. The number of benzene rings is 1. The lowest BCUT2D eigenvalue weighted by molar-refractivity contribution is 0.580. The molecular weight excluding hydrogens is 288 g/mol. The molecule has 0 saturated carbocycles. The fraction of sp³-hybridized carbons (Fsp3) is 0.133. The second-order valence-electron chi connectivity index (χ2n) is 4.77. The van der Waals surface area contributed by atoms with Crippen molar-refractivity contribution in [2.45, 2.75) is 13.5 Å². The van der Waals surface area contributed by atoms with Crippen LogP contribution in [0.5, 0.6) is 0 Å². The predicted molar refractivity (Wildman–Crippen MR) is 77.6 cm³/mol. The SMILES string of the molecule is Cc1ccn(-c2ccnc(NCc3cc(F)cc(F)c3)n2)n1. The number of rotatable bonds is 4. The van der Waals surface area contributed by atoms with E-state index in [4.69, 9.17) is 0 Å². The number of aryl methyl sites for hydroxylation is 1. The van der Waals surface area contributed by atoms with Crippen LogP contribution in [0.1, 0.15) is 11.3 Å². The van der Waals surface area contributed by atoms with Crippen LogP contribution in [0.4, 0.5) is 14.7 Å². The van der Waals surface area contributed by atoms with Gasteiger partial charge in [0.1, 0.15) is 11.6 Å². The highest BCUT2D eigenvalue weighted by Gasteiger charge is 2.04. The molecule has 0 aliphatic carbocycles. The van der Waals surface area contributed by atoms with Crippen LogP contribution in [0.2, 0.25) is 0 Å². The maximum Gasteiger partial charge on any atom is 0.224 e. The molecule has 1 N–H and O–H groups in total. The molecule has 0 spiro atoms. The number of nitrogens with zero attached hydrogens (tertiary/aromatic N) is 4. The van der Waals surface area contributed by atoms with Gasteiger partial charge in [-0.1, -0.05) is 0 Å². The Morgan fingerprint density at radius 1 is 1.14 bits per heavy atom. The van der Waals surface area contributed by atoms with E-state index in [-0.39, 0.29) is 6.54 Å². The third-order valence-corrected chi connectivity index (χ3v) is 2.97. The van der Waals surface area contributed by atoms with Gasteiger partial charge in [-0.25, -0.2) is 18.4 Å². The zero-order chi connectivity index (χ0) is 15.5. The number of halogens is 2. The van der Waals surface area contributed by atoms with E-state index in [9.17, 15) is 8.78 Å². The summed E-state index contributed by atoms with van der Waals surface area (Å²) in [6.45, 7) is 2.10. The van der Waals surface area contributed by atoms with E-state index in [1.807, 2.05) is 13.0 Å². The summed E-state index contributed by atoms with van der Waals surface area (Å²) in [4.78, 5) is 8.39. The van der Waals surface area contributed by atoms with Crippen molar-refractivity contribution >= 4 is 5.95 Å². The Balaban J connectivity index is 1.75. The summed E-state index contributed by atoms with van der Waals surface area (Å²) in [5.41, 5.74) is 1.35. The number of anilines is 1. The zero-order valence-electron chi connectivity index (χ0n) is 11.8. The van der Waals surface area contributed by atoms with E-state index in [2.05, 4.69) is 20.4 Å². The lowest BCUT2D eigenvalue weighted by Crippen LogP contribution is -2.07. The van der Waals surface area contributed by atoms with Crippen LogP contribution in [0, 0.1) is 18.6 Å². The molecule has 5 nitrogen and oxygen atoms in total. The van der Waals surface area contributed by atoms with E-state index in [1.54, 1.807) is 23.1 Å². The Hall–Kier alpha value is -2.83. The van der Waals surface area contributed by atoms with Gasteiger partial charge in [-0.2, -0.15) is 10.1 Å². The minimum absolute atomic E-state index is 0.219. The number of hydrogen-bond acceptors (Lipinski definition) is 4. The number of hydrogen-bond donors (Lipinski definition) is 1. The topological polar surface area (TPSA) is 55.6 Å². The van der Waals surface area contributed by atoms with Crippen LogP contribution in [-0.2, 0) is 6.54 Å². The first kappa shape index (κ1) is 14.1. The van der Waals surface area contributed by atoms with Gasteiger partial charge in [0.25, 0.3) is 0 Å². The Kier molecular flexibility index (Phi) is 3.78. The van der Waals surface area contributed by atoms with Crippen molar-refractivity contribution in [2.24, 2.45) is 0 Å². The summed E-state index contributed by atoms with van der Waals surface area (Å²) in [6.07, 6.45) is 3.39. The summed E-state index contributed by atoms with van der Waals surface area (Å²) in [6, 6.07) is 6.94. The summed E-state index contributed by atoms with van der Waals surface area (Å²) < 4.78 is 27.9. The van der Waals surface area contributed by atoms with Crippen LogP contribution < -0.4 is 5.32 Å². The van der Waals surface area contributed by atoms with Gasteiger partial charge in [-0.05, 0) is 30.7 Å². The van der Waals surface area contributed by atoms with Gasteiger partial charge < -0.3 is 5.32 Å². The van der Waals surface area contributed by atoms with Crippen LogP contribution in [0.25, 0.3) is 5.82 Å². The highest BCUT2D eigenvalue weighted by molar-refractivity contribution is 5.33. The van der Waals surface area contributed by atoms with E-state index in [1.165, 1.54) is 12.1 Å².